The highest BCUT2D eigenvalue weighted by molar-refractivity contribution is 7.90. The molecule has 20 heavy (non-hydrogen) atoms. The van der Waals surface area contributed by atoms with Crippen molar-refractivity contribution < 1.29 is 13.2 Å². The van der Waals surface area contributed by atoms with Crippen LogP contribution in [0.3, 0.4) is 0 Å². The Hall–Kier alpha value is -0.620. The van der Waals surface area contributed by atoms with E-state index in [1.54, 1.807) is 0 Å². The standard InChI is InChI=1S/C14H26N2O3S/c1-4-15(12-5-6-12)9-14(17)16(13-7-8-13)11(2)10-20(3,18)19/h11-13H,4-10H2,1-3H3. The highest BCUT2D eigenvalue weighted by Gasteiger charge is 2.38. The van der Waals surface area contributed by atoms with Crippen molar-refractivity contribution in [2.45, 2.75) is 57.7 Å². The Balaban J connectivity index is 1.98. The van der Waals surface area contributed by atoms with Crippen LogP contribution in [0.1, 0.15) is 39.5 Å². The highest BCUT2D eigenvalue weighted by Crippen LogP contribution is 2.31. The number of sulfone groups is 1. The predicted molar refractivity (Wildman–Crippen MR) is 79.3 cm³/mol. The minimum atomic E-state index is -3.05. The highest BCUT2D eigenvalue weighted by atomic mass is 32.2. The molecular formula is C14H26N2O3S. The first-order chi connectivity index (χ1) is 9.31. The fourth-order valence-corrected chi connectivity index (χ4v) is 3.91. The van der Waals surface area contributed by atoms with Gasteiger partial charge in [0.1, 0.15) is 9.84 Å². The largest absolute Gasteiger partial charge is 0.335 e. The van der Waals surface area contributed by atoms with Crippen molar-refractivity contribution in [2.75, 3.05) is 25.1 Å². The fourth-order valence-electron chi connectivity index (χ4n) is 2.87. The molecule has 2 saturated carbocycles. The molecule has 0 bridgehead atoms. The van der Waals surface area contributed by atoms with Gasteiger partial charge in [0.2, 0.25) is 5.91 Å². The van der Waals surface area contributed by atoms with Gasteiger partial charge in [-0.05, 0) is 39.2 Å². The molecule has 1 unspecified atom stereocenters. The van der Waals surface area contributed by atoms with Gasteiger partial charge in [-0.1, -0.05) is 6.92 Å². The Morgan fingerprint density at radius 3 is 2.15 bits per heavy atom. The van der Waals surface area contributed by atoms with E-state index >= 15 is 0 Å². The van der Waals surface area contributed by atoms with Gasteiger partial charge in [0.25, 0.3) is 0 Å². The topological polar surface area (TPSA) is 57.7 Å². The summed E-state index contributed by atoms with van der Waals surface area (Å²) in [6.07, 6.45) is 5.62. The van der Waals surface area contributed by atoms with Crippen LogP contribution in [-0.2, 0) is 14.6 Å². The Bertz CT molecular complexity index is 455. The zero-order chi connectivity index (χ0) is 14.9. The molecule has 1 atom stereocenters. The van der Waals surface area contributed by atoms with E-state index in [4.69, 9.17) is 0 Å². The number of likely N-dealkylation sites (N-methyl/N-ethyl adjacent to an activating group) is 1. The molecule has 5 nitrogen and oxygen atoms in total. The Labute approximate surface area is 122 Å². The van der Waals surface area contributed by atoms with Crippen molar-refractivity contribution in [2.24, 2.45) is 0 Å². The molecule has 0 spiro atoms. The molecule has 2 rings (SSSR count). The third-order valence-corrected chi connectivity index (χ3v) is 5.14. The van der Waals surface area contributed by atoms with Crippen molar-refractivity contribution in [1.82, 2.24) is 9.80 Å². The molecule has 0 aromatic carbocycles. The van der Waals surface area contributed by atoms with Crippen LogP contribution in [0.15, 0.2) is 0 Å². The lowest BCUT2D eigenvalue weighted by atomic mass is 10.3. The molecule has 0 N–H and O–H groups in total. The zero-order valence-electron chi connectivity index (χ0n) is 12.7. The average molecular weight is 302 g/mol. The van der Waals surface area contributed by atoms with Crippen LogP contribution in [0, 0.1) is 0 Å². The number of hydrogen-bond acceptors (Lipinski definition) is 4. The third-order valence-electron chi connectivity index (χ3n) is 4.05. The minimum absolute atomic E-state index is 0.0603. The van der Waals surface area contributed by atoms with Crippen molar-refractivity contribution in [3.8, 4) is 0 Å². The lowest BCUT2D eigenvalue weighted by Gasteiger charge is -2.31. The van der Waals surface area contributed by atoms with Gasteiger partial charge < -0.3 is 4.90 Å². The average Bonchev–Trinajstić information content (AvgIpc) is 3.14. The summed E-state index contributed by atoms with van der Waals surface area (Å²) in [5.74, 6) is 0.155. The van der Waals surface area contributed by atoms with Gasteiger partial charge >= 0.3 is 0 Å². The Morgan fingerprint density at radius 1 is 1.20 bits per heavy atom. The summed E-state index contributed by atoms with van der Waals surface area (Å²) < 4.78 is 22.9. The minimum Gasteiger partial charge on any atom is -0.335 e. The quantitative estimate of drug-likeness (QED) is 0.668. The van der Waals surface area contributed by atoms with Gasteiger partial charge in [0, 0.05) is 24.4 Å². The van der Waals surface area contributed by atoms with Gasteiger partial charge in [0.05, 0.1) is 12.3 Å². The third kappa shape index (κ3) is 4.45. The lowest BCUT2D eigenvalue weighted by molar-refractivity contribution is -0.134. The summed E-state index contributed by atoms with van der Waals surface area (Å²) in [6.45, 7) is 5.25. The van der Waals surface area contributed by atoms with Crippen LogP contribution in [0.25, 0.3) is 0 Å². The molecule has 0 aliphatic heterocycles. The molecule has 2 fully saturated rings. The van der Waals surface area contributed by atoms with Gasteiger partial charge in [-0.3, -0.25) is 9.69 Å². The van der Waals surface area contributed by atoms with E-state index in [1.165, 1.54) is 19.1 Å². The van der Waals surface area contributed by atoms with Crippen molar-refractivity contribution in [3.63, 3.8) is 0 Å². The van der Waals surface area contributed by atoms with E-state index in [1.807, 2.05) is 11.8 Å². The number of hydrogen-bond donors (Lipinski definition) is 0. The summed E-state index contributed by atoms with van der Waals surface area (Å²) in [5, 5.41) is 0. The molecule has 0 aromatic rings. The second kappa shape index (κ2) is 6.02. The Kier molecular flexibility index (Phi) is 4.74. The molecule has 2 aliphatic carbocycles. The summed E-state index contributed by atoms with van der Waals surface area (Å²) in [7, 11) is -3.05. The van der Waals surface area contributed by atoms with E-state index < -0.39 is 9.84 Å². The first kappa shape index (κ1) is 15.8. The zero-order valence-corrected chi connectivity index (χ0v) is 13.5. The maximum absolute atomic E-state index is 12.5. The molecule has 0 aromatic heterocycles. The smallest absolute Gasteiger partial charge is 0.237 e. The SMILES string of the molecule is CCN(CC(=O)N(C(C)CS(C)(=O)=O)C1CC1)C1CC1. The van der Waals surface area contributed by atoms with Crippen molar-refractivity contribution in [1.29, 1.82) is 0 Å². The van der Waals surface area contributed by atoms with Crippen LogP contribution < -0.4 is 0 Å². The lowest BCUT2D eigenvalue weighted by Crippen LogP contribution is -2.48. The molecule has 0 saturated heterocycles. The molecule has 116 valence electrons. The number of rotatable bonds is 8. The normalized spacial score (nSPS) is 21.0. The molecule has 0 radical (unpaired) electrons. The molecule has 2 aliphatic rings. The van der Waals surface area contributed by atoms with Crippen LogP contribution in [0.2, 0.25) is 0 Å². The summed E-state index contributed by atoms with van der Waals surface area (Å²) in [4.78, 5) is 16.6. The van der Waals surface area contributed by atoms with E-state index in [2.05, 4.69) is 11.8 Å². The van der Waals surface area contributed by atoms with Gasteiger partial charge in [-0.2, -0.15) is 0 Å². The molecule has 0 heterocycles. The van der Waals surface area contributed by atoms with Crippen LogP contribution in [-0.4, -0.2) is 67.3 Å². The monoisotopic (exact) mass is 302 g/mol. The second-order valence-electron chi connectivity index (χ2n) is 6.27. The Morgan fingerprint density at radius 2 is 1.75 bits per heavy atom. The maximum atomic E-state index is 12.5. The summed E-state index contributed by atoms with van der Waals surface area (Å²) >= 11 is 0. The molecular weight excluding hydrogens is 276 g/mol. The number of nitrogens with zero attached hydrogens (tertiary/aromatic N) is 2. The van der Waals surface area contributed by atoms with Gasteiger partial charge in [-0.15, -0.1) is 0 Å². The fraction of sp³-hybridized carbons (Fsp3) is 0.929. The number of carbonyl (C=O) groups excluding carboxylic acids is 1. The van der Waals surface area contributed by atoms with Crippen molar-refractivity contribution in [3.05, 3.63) is 0 Å². The first-order valence-electron chi connectivity index (χ1n) is 7.54. The number of amides is 1. The van der Waals surface area contributed by atoms with Crippen molar-refractivity contribution >= 4 is 15.7 Å². The summed E-state index contributed by atoms with van der Waals surface area (Å²) in [5.41, 5.74) is 0. The van der Waals surface area contributed by atoms with Gasteiger partial charge in [0.15, 0.2) is 0 Å². The second-order valence-corrected chi connectivity index (χ2v) is 8.45. The van der Waals surface area contributed by atoms with E-state index in [0.717, 1.165) is 19.4 Å². The van der Waals surface area contributed by atoms with Crippen LogP contribution in [0.4, 0.5) is 0 Å². The van der Waals surface area contributed by atoms with Crippen LogP contribution in [0.5, 0.6) is 0 Å². The molecule has 6 heteroatoms. The summed E-state index contributed by atoms with van der Waals surface area (Å²) in [6, 6.07) is 0.607. The van der Waals surface area contributed by atoms with Gasteiger partial charge in [-0.25, -0.2) is 8.42 Å². The van der Waals surface area contributed by atoms with Crippen LogP contribution >= 0.6 is 0 Å². The number of carbonyl (C=O) groups is 1. The van der Waals surface area contributed by atoms with E-state index in [0.29, 0.717) is 12.6 Å². The van der Waals surface area contributed by atoms with E-state index in [9.17, 15) is 13.2 Å². The van der Waals surface area contributed by atoms with E-state index in [-0.39, 0.29) is 23.7 Å². The molecule has 1 amide bonds. The maximum Gasteiger partial charge on any atom is 0.237 e. The predicted octanol–water partition coefficient (Wildman–Crippen LogP) is 0.895. The first-order valence-corrected chi connectivity index (χ1v) is 9.60.